The lowest BCUT2D eigenvalue weighted by atomic mass is 10.3. The van der Waals surface area contributed by atoms with Crippen LogP contribution in [0.15, 0.2) is 47.4 Å². The first-order chi connectivity index (χ1) is 12.5. The first-order valence-electron chi connectivity index (χ1n) is 8.07. The van der Waals surface area contributed by atoms with E-state index in [-0.39, 0.29) is 23.8 Å². The van der Waals surface area contributed by atoms with Gasteiger partial charge < -0.3 is 18.9 Å². The molecule has 0 amide bonds. The molecule has 0 radical (unpaired) electrons. The summed E-state index contributed by atoms with van der Waals surface area (Å²) in [4.78, 5) is 0.0434. The van der Waals surface area contributed by atoms with Crippen molar-refractivity contribution in [2.75, 3.05) is 34.0 Å². The third-order valence-corrected chi connectivity index (χ3v) is 4.96. The van der Waals surface area contributed by atoms with Gasteiger partial charge in [0.1, 0.15) is 34.5 Å². The molecule has 8 heteroatoms. The molecule has 26 heavy (non-hydrogen) atoms. The van der Waals surface area contributed by atoms with Crippen LogP contribution in [-0.4, -0.2) is 42.4 Å². The van der Waals surface area contributed by atoms with Gasteiger partial charge in [0.05, 0.1) is 20.8 Å². The van der Waals surface area contributed by atoms with Crippen molar-refractivity contribution in [2.45, 2.75) is 11.8 Å². The van der Waals surface area contributed by atoms with E-state index < -0.39 is 10.0 Å². The lowest BCUT2D eigenvalue weighted by Gasteiger charge is -2.12. The molecule has 0 aliphatic carbocycles. The van der Waals surface area contributed by atoms with E-state index in [4.69, 9.17) is 18.9 Å². The largest absolute Gasteiger partial charge is 0.497 e. The van der Waals surface area contributed by atoms with Crippen LogP contribution in [0.4, 0.5) is 0 Å². The van der Waals surface area contributed by atoms with Crippen molar-refractivity contribution in [3.63, 3.8) is 0 Å². The Kier molecular flexibility index (Phi) is 7.11. The highest BCUT2D eigenvalue weighted by Crippen LogP contribution is 2.28. The van der Waals surface area contributed by atoms with Gasteiger partial charge >= 0.3 is 0 Å². The van der Waals surface area contributed by atoms with Crippen molar-refractivity contribution in [3.8, 4) is 23.0 Å². The molecular weight excluding hydrogens is 358 g/mol. The predicted octanol–water partition coefficient (Wildman–Crippen LogP) is 2.46. The topological polar surface area (TPSA) is 83.1 Å². The molecule has 0 aromatic heterocycles. The molecule has 0 fully saturated rings. The summed E-state index contributed by atoms with van der Waals surface area (Å²) in [6.07, 6.45) is 0. The first-order valence-corrected chi connectivity index (χ1v) is 9.56. The highest BCUT2D eigenvalue weighted by molar-refractivity contribution is 7.89. The summed E-state index contributed by atoms with van der Waals surface area (Å²) in [6, 6.07) is 11.7. The van der Waals surface area contributed by atoms with Crippen molar-refractivity contribution in [3.05, 3.63) is 42.5 Å². The van der Waals surface area contributed by atoms with Gasteiger partial charge in [-0.05, 0) is 43.3 Å². The molecular formula is C18H23NO6S. The molecule has 0 aliphatic heterocycles. The van der Waals surface area contributed by atoms with Crippen LogP contribution in [0, 0.1) is 0 Å². The minimum atomic E-state index is -3.73. The molecule has 142 valence electrons. The molecule has 0 saturated carbocycles. The Morgan fingerprint density at radius 3 is 2.08 bits per heavy atom. The zero-order valence-electron chi connectivity index (χ0n) is 15.0. The van der Waals surface area contributed by atoms with Crippen LogP contribution in [-0.2, 0) is 10.0 Å². The zero-order valence-corrected chi connectivity index (χ0v) is 15.8. The lowest BCUT2D eigenvalue weighted by Crippen LogP contribution is -2.28. The summed E-state index contributed by atoms with van der Waals surface area (Å²) < 4.78 is 48.5. The van der Waals surface area contributed by atoms with Crippen molar-refractivity contribution < 1.29 is 27.4 Å². The van der Waals surface area contributed by atoms with E-state index >= 15 is 0 Å². The van der Waals surface area contributed by atoms with Crippen molar-refractivity contribution in [2.24, 2.45) is 0 Å². The van der Waals surface area contributed by atoms with Crippen LogP contribution >= 0.6 is 0 Å². The number of hydrogen-bond donors (Lipinski definition) is 1. The van der Waals surface area contributed by atoms with Crippen molar-refractivity contribution >= 4 is 10.0 Å². The summed E-state index contributed by atoms with van der Waals surface area (Å²) in [6.45, 7) is 2.81. The monoisotopic (exact) mass is 381 g/mol. The van der Waals surface area contributed by atoms with Crippen LogP contribution in [0.25, 0.3) is 0 Å². The average molecular weight is 381 g/mol. The van der Waals surface area contributed by atoms with Gasteiger partial charge in [0, 0.05) is 12.6 Å². The van der Waals surface area contributed by atoms with Crippen molar-refractivity contribution in [1.29, 1.82) is 0 Å². The molecule has 0 spiro atoms. The summed E-state index contributed by atoms with van der Waals surface area (Å²) in [5.41, 5.74) is 0. The highest BCUT2D eigenvalue weighted by Gasteiger charge is 2.19. The van der Waals surface area contributed by atoms with Crippen LogP contribution in [0.1, 0.15) is 6.92 Å². The van der Waals surface area contributed by atoms with E-state index in [1.165, 1.54) is 26.4 Å². The quantitative estimate of drug-likeness (QED) is 0.637. The Hall–Kier alpha value is -2.45. The van der Waals surface area contributed by atoms with E-state index in [0.29, 0.717) is 18.1 Å². The van der Waals surface area contributed by atoms with E-state index in [1.807, 2.05) is 6.92 Å². The Bertz CT molecular complexity index is 805. The molecule has 0 saturated heterocycles. The van der Waals surface area contributed by atoms with E-state index in [1.54, 1.807) is 30.3 Å². The summed E-state index contributed by atoms with van der Waals surface area (Å²) in [5, 5.41) is 0. The number of rotatable bonds is 10. The van der Waals surface area contributed by atoms with Gasteiger partial charge in [-0.2, -0.15) is 0 Å². The minimum Gasteiger partial charge on any atom is -0.497 e. The fraction of sp³-hybridized carbons (Fsp3) is 0.333. The maximum atomic E-state index is 12.4. The number of hydrogen-bond acceptors (Lipinski definition) is 6. The Balaban J connectivity index is 1.92. The van der Waals surface area contributed by atoms with Gasteiger partial charge in [0.2, 0.25) is 10.0 Å². The average Bonchev–Trinajstić information content (AvgIpc) is 2.66. The maximum Gasteiger partial charge on any atom is 0.244 e. The smallest absolute Gasteiger partial charge is 0.244 e. The highest BCUT2D eigenvalue weighted by atomic mass is 32.2. The van der Waals surface area contributed by atoms with E-state index in [2.05, 4.69) is 4.72 Å². The standard InChI is InChI=1S/C18H23NO6S/c1-4-24-14-5-7-15(8-6-14)25-12-11-19-26(20,21)18-10-9-16(22-2)13-17(18)23-3/h5-10,13,19H,4,11-12H2,1-3H3. The summed E-state index contributed by atoms with van der Waals surface area (Å²) >= 11 is 0. The Morgan fingerprint density at radius 1 is 0.885 bits per heavy atom. The van der Waals surface area contributed by atoms with E-state index in [0.717, 1.165) is 5.75 Å². The molecule has 2 rings (SSSR count). The number of benzene rings is 2. The third kappa shape index (κ3) is 5.27. The predicted molar refractivity (Wildman–Crippen MR) is 97.8 cm³/mol. The molecule has 2 aromatic carbocycles. The second-order valence-corrected chi connectivity index (χ2v) is 6.90. The number of methoxy groups -OCH3 is 2. The fourth-order valence-corrected chi connectivity index (χ4v) is 3.38. The number of nitrogens with one attached hydrogen (secondary N) is 1. The van der Waals surface area contributed by atoms with Crippen LogP contribution in [0.2, 0.25) is 0 Å². The van der Waals surface area contributed by atoms with E-state index in [9.17, 15) is 8.42 Å². The summed E-state index contributed by atoms with van der Waals surface area (Å²) in [5.74, 6) is 2.12. The second-order valence-electron chi connectivity index (χ2n) is 5.17. The molecule has 0 atom stereocenters. The second kappa shape index (κ2) is 9.30. The van der Waals surface area contributed by atoms with Crippen LogP contribution in [0.3, 0.4) is 0 Å². The fourth-order valence-electron chi connectivity index (χ4n) is 2.22. The molecule has 2 aromatic rings. The molecule has 7 nitrogen and oxygen atoms in total. The molecule has 0 unspecified atom stereocenters. The van der Waals surface area contributed by atoms with Gasteiger partial charge in [-0.1, -0.05) is 0 Å². The molecule has 0 heterocycles. The van der Waals surface area contributed by atoms with Crippen molar-refractivity contribution in [1.82, 2.24) is 4.72 Å². The molecule has 1 N–H and O–H groups in total. The van der Waals surface area contributed by atoms with Gasteiger partial charge in [-0.15, -0.1) is 0 Å². The minimum absolute atomic E-state index is 0.0434. The van der Waals surface area contributed by atoms with Gasteiger partial charge in [0.25, 0.3) is 0 Å². The number of sulfonamides is 1. The number of ether oxygens (including phenoxy) is 4. The first kappa shape index (κ1) is 19.9. The van der Waals surface area contributed by atoms with Crippen LogP contribution < -0.4 is 23.7 Å². The maximum absolute atomic E-state index is 12.4. The van der Waals surface area contributed by atoms with Gasteiger partial charge in [0.15, 0.2) is 0 Å². The molecule has 0 bridgehead atoms. The van der Waals surface area contributed by atoms with Gasteiger partial charge in [-0.3, -0.25) is 0 Å². The molecule has 0 aliphatic rings. The summed E-state index contributed by atoms with van der Waals surface area (Å²) in [7, 11) is -0.822. The SMILES string of the molecule is CCOc1ccc(OCCNS(=O)(=O)c2ccc(OC)cc2OC)cc1. The normalized spacial score (nSPS) is 11.0. The Morgan fingerprint density at radius 2 is 1.50 bits per heavy atom. The lowest BCUT2D eigenvalue weighted by molar-refractivity contribution is 0.319. The van der Waals surface area contributed by atoms with Crippen LogP contribution in [0.5, 0.6) is 23.0 Å². The third-order valence-electron chi connectivity index (χ3n) is 3.46. The Labute approximate surface area is 153 Å². The van der Waals surface area contributed by atoms with Gasteiger partial charge in [-0.25, -0.2) is 13.1 Å². The zero-order chi connectivity index (χ0) is 19.0.